The molecule has 1 saturated heterocycles. The summed E-state index contributed by atoms with van der Waals surface area (Å²) in [6.07, 6.45) is -2.30. The lowest BCUT2D eigenvalue weighted by Crippen LogP contribution is -2.23. The SMILES string of the molecule is CNc1cc(-n2nc(C)cc2Nc2cc(NC(=O)c3cc(CN4CCC(OC)C4)cc(C(F)(F)F)c3)ccc2C)ncn1. The van der Waals surface area contributed by atoms with E-state index in [1.807, 2.05) is 30.9 Å². The number of hydrogen-bond acceptors (Lipinski definition) is 8. The number of rotatable bonds is 9. The second-order valence-corrected chi connectivity index (χ2v) is 10.5. The van der Waals surface area contributed by atoms with Crippen LogP contribution < -0.4 is 16.0 Å². The van der Waals surface area contributed by atoms with Gasteiger partial charge in [0.1, 0.15) is 18.0 Å². The van der Waals surface area contributed by atoms with Crippen LogP contribution in [0.15, 0.2) is 54.9 Å². The fourth-order valence-corrected chi connectivity index (χ4v) is 5.01. The molecule has 1 atom stereocenters. The van der Waals surface area contributed by atoms with E-state index in [1.165, 1.54) is 12.4 Å². The van der Waals surface area contributed by atoms with Crippen molar-refractivity contribution in [3.05, 3.63) is 82.8 Å². The van der Waals surface area contributed by atoms with Crippen LogP contribution in [0.1, 0.15) is 39.2 Å². The lowest BCUT2D eigenvalue weighted by molar-refractivity contribution is -0.137. The Balaban J connectivity index is 1.38. The van der Waals surface area contributed by atoms with Gasteiger partial charge in [0.15, 0.2) is 5.82 Å². The second-order valence-electron chi connectivity index (χ2n) is 10.5. The average Bonchev–Trinajstić information content (AvgIpc) is 3.59. The van der Waals surface area contributed by atoms with Gasteiger partial charge in [0.25, 0.3) is 5.91 Å². The van der Waals surface area contributed by atoms with Crippen molar-refractivity contribution in [1.82, 2.24) is 24.6 Å². The number of halogens is 3. The van der Waals surface area contributed by atoms with Crippen LogP contribution in [0.3, 0.4) is 0 Å². The van der Waals surface area contributed by atoms with Crippen molar-refractivity contribution >= 4 is 28.9 Å². The Hall–Kier alpha value is -4.49. The molecule has 226 valence electrons. The highest BCUT2D eigenvalue weighted by Crippen LogP contribution is 2.32. The van der Waals surface area contributed by atoms with E-state index in [1.54, 1.807) is 37.0 Å². The largest absolute Gasteiger partial charge is 0.416 e. The van der Waals surface area contributed by atoms with Gasteiger partial charge in [0, 0.05) is 62.9 Å². The number of carbonyl (C=O) groups is 1. The van der Waals surface area contributed by atoms with Gasteiger partial charge in [-0.25, -0.2) is 9.97 Å². The average molecular weight is 595 g/mol. The molecule has 0 bridgehead atoms. The van der Waals surface area contributed by atoms with E-state index < -0.39 is 17.6 Å². The molecule has 2 aromatic carbocycles. The third-order valence-electron chi connectivity index (χ3n) is 7.27. The second kappa shape index (κ2) is 12.4. The standard InChI is InChI=1S/C30H33F3N8O2/c1-18-5-6-23(13-25(18)38-28-9-19(2)39-41(28)27-14-26(34-3)35-17-36-27)37-29(42)21-10-20(11-22(12-21)30(31,32)33)15-40-8-7-24(16-40)43-4/h5-6,9-14,17,24,38H,7-8,15-16H2,1-4H3,(H,37,42)(H,34,35,36). The maximum absolute atomic E-state index is 13.8. The predicted octanol–water partition coefficient (Wildman–Crippen LogP) is 5.56. The number of likely N-dealkylation sites (tertiary alicyclic amines) is 1. The van der Waals surface area contributed by atoms with Gasteiger partial charge in [-0.05, 0) is 61.7 Å². The van der Waals surface area contributed by atoms with Crippen LogP contribution in [0.4, 0.5) is 36.2 Å². The molecule has 1 fully saturated rings. The number of methoxy groups -OCH3 is 1. The Bertz CT molecular complexity index is 1620. The Morgan fingerprint density at radius 1 is 1.09 bits per heavy atom. The molecule has 1 amide bonds. The molecule has 5 rings (SSSR count). The molecule has 1 aliphatic rings. The molecule has 1 aliphatic heterocycles. The number of nitrogens with zero attached hydrogens (tertiary/aromatic N) is 5. The van der Waals surface area contributed by atoms with E-state index in [0.29, 0.717) is 47.5 Å². The number of ether oxygens (including phenoxy) is 1. The van der Waals surface area contributed by atoms with E-state index in [0.717, 1.165) is 29.8 Å². The van der Waals surface area contributed by atoms with Gasteiger partial charge >= 0.3 is 6.18 Å². The van der Waals surface area contributed by atoms with Crippen LogP contribution in [0.5, 0.6) is 0 Å². The van der Waals surface area contributed by atoms with Gasteiger partial charge in [0.05, 0.1) is 17.4 Å². The summed E-state index contributed by atoms with van der Waals surface area (Å²) in [5, 5.41) is 13.6. The van der Waals surface area contributed by atoms with Crippen LogP contribution in [0.25, 0.3) is 5.82 Å². The smallest absolute Gasteiger partial charge is 0.380 e. The summed E-state index contributed by atoms with van der Waals surface area (Å²) in [6.45, 7) is 5.38. The highest BCUT2D eigenvalue weighted by atomic mass is 19.4. The lowest BCUT2D eigenvalue weighted by atomic mass is 10.0. The van der Waals surface area contributed by atoms with Crippen LogP contribution in [0.2, 0.25) is 0 Å². The summed E-state index contributed by atoms with van der Waals surface area (Å²) in [6, 6.07) is 12.3. The Kier molecular flexibility index (Phi) is 8.64. The number of hydrogen-bond donors (Lipinski definition) is 3. The zero-order valence-electron chi connectivity index (χ0n) is 24.3. The third-order valence-corrected chi connectivity index (χ3v) is 7.27. The lowest BCUT2D eigenvalue weighted by Gasteiger charge is -2.18. The molecule has 1 unspecified atom stereocenters. The summed E-state index contributed by atoms with van der Waals surface area (Å²) >= 11 is 0. The van der Waals surface area contributed by atoms with Crippen molar-refractivity contribution in [1.29, 1.82) is 0 Å². The van der Waals surface area contributed by atoms with E-state index in [-0.39, 0.29) is 18.2 Å². The van der Waals surface area contributed by atoms with Gasteiger partial charge in [-0.1, -0.05) is 6.07 Å². The number of amides is 1. The summed E-state index contributed by atoms with van der Waals surface area (Å²) in [7, 11) is 3.38. The van der Waals surface area contributed by atoms with Crippen LogP contribution in [-0.2, 0) is 17.5 Å². The molecule has 43 heavy (non-hydrogen) atoms. The van der Waals surface area contributed by atoms with E-state index in [4.69, 9.17) is 4.74 Å². The molecule has 2 aromatic heterocycles. The minimum absolute atomic E-state index is 0.0484. The first-order chi connectivity index (χ1) is 20.5. The van der Waals surface area contributed by atoms with Crippen molar-refractivity contribution in [3.63, 3.8) is 0 Å². The van der Waals surface area contributed by atoms with Crippen molar-refractivity contribution in [2.45, 2.75) is 39.1 Å². The van der Waals surface area contributed by atoms with E-state index >= 15 is 0 Å². The van der Waals surface area contributed by atoms with Crippen molar-refractivity contribution in [3.8, 4) is 5.82 Å². The van der Waals surface area contributed by atoms with Crippen molar-refractivity contribution in [2.24, 2.45) is 0 Å². The summed E-state index contributed by atoms with van der Waals surface area (Å²) in [5.74, 6) is 1.16. The molecule has 13 heteroatoms. The predicted molar refractivity (Wildman–Crippen MR) is 158 cm³/mol. The van der Waals surface area contributed by atoms with Gasteiger partial charge in [0.2, 0.25) is 0 Å². The molecule has 3 N–H and O–H groups in total. The highest BCUT2D eigenvalue weighted by Gasteiger charge is 2.32. The molecular formula is C30H33F3N8O2. The molecule has 3 heterocycles. The summed E-state index contributed by atoms with van der Waals surface area (Å²) in [4.78, 5) is 23.8. The summed E-state index contributed by atoms with van der Waals surface area (Å²) < 4.78 is 48.4. The molecular weight excluding hydrogens is 561 g/mol. The summed E-state index contributed by atoms with van der Waals surface area (Å²) in [5.41, 5.74) is 2.20. The Labute approximate surface area is 247 Å². The number of nitrogens with one attached hydrogen (secondary N) is 3. The van der Waals surface area contributed by atoms with Crippen LogP contribution in [0, 0.1) is 13.8 Å². The monoisotopic (exact) mass is 594 g/mol. The molecule has 4 aromatic rings. The zero-order chi connectivity index (χ0) is 30.7. The topological polar surface area (TPSA) is 109 Å². The van der Waals surface area contributed by atoms with Crippen molar-refractivity contribution < 1.29 is 22.7 Å². The maximum atomic E-state index is 13.8. The first kappa shape index (κ1) is 30.0. The molecule has 0 spiro atoms. The number of alkyl halides is 3. The number of anilines is 4. The minimum atomic E-state index is -4.59. The molecule has 0 saturated carbocycles. The third kappa shape index (κ3) is 7.12. The zero-order valence-corrected chi connectivity index (χ0v) is 24.3. The molecule has 10 nitrogen and oxygen atoms in total. The Morgan fingerprint density at radius 2 is 1.91 bits per heavy atom. The fraction of sp³-hybridized carbons (Fsp3) is 0.333. The quantitative estimate of drug-likeness (QED) is 0.231. The van der Waals surface area contributed by atoms with Gasteiger partial charge in [-0.2, -0.15) is 23.0 Å². The van der Waals surface area contributed by atoms with E-state index in [9.17, 15) is 18.0 Å². The van der Waals surface area contributed by atoms with Crippen molar-refractivity contribution in [2.75, 3.05) is 43.2 Å². The number of aromatic nitrogens is 4. The number of aryl methyl sites for hydroxylation is 2. The molecule has 0 radical (unpaired) electrons. The normalized spacial score (nSPS) is 15.5. The number of benzene rings is 2. The van der Waals surface area contributed by atoms with Crippen LogP contribution >= 0.6 is 0 Å². The maximum Gasteiger partial charge on any atom is 0.416 e. The Morgan fingerprint density at radius 3 is 2.63 bits per heavy atom. The highest BCUT2D eigenvalue weighted by molar-refractivity contribution is 6.04. The fourth-order valence-electron chi connectivity index (χ4n) is 5.01. The first-order valence-corrected chi connectivity index (χ1v) is 13.7. The van der Waals surface area contributed by atoms with Gasteiger partial charge in [-0.3, -0.25) is 9.69 Å². The van der Waals surface area contributed by atoms with Gasteiger partial charge in [-0.15, -0.1) is 0 Å². The first-order valence-electron chi connectivity index (χ1n) is 13.7. The number of carbonyl (C=O) groups excluding carboxylic acids is 1. The molecule has 0 aliphatic carbocycles. The van der Waals surface area contributed by atoms with Gasteiger partial charge < -0.3 is 20.7 Å². The van der Waals surface area contributed by atoms with E-state index in [2.05, 4.69) is 31.0 Å². The van der Waals surface area contributed by atoms with Crippen LogP contribution in [-0.4, -0.2) is 63.9 Å². The minimum Gasteiger partial charge on any atom is -0.380 e.